The van der Waals surface area contributed by atoms with Crippen LogP contribution in [0.25, 0.3) is 16.9 Å². The molecule has 3 aromatic heterocycles. The Morgan fingerprint density at radius 3 is 2.81 bits per heavy atom. The van der Waals surface area contributed by atoms with Crippen molar-refractivity contribution in [3.63, 3.8) is 0 Å². The number of benzene rings is 1. The molecule has 2 N–H and O–H groups in total. The third-order valence-electron chi connectivity index (χ3n) is 4.28. The first-order chi connectivity index (χ1) is 13.2. The summed E-state index contributed by atoms with van der Waals surface area (Å²) in [6.07, 6.45) is 3.53. The minimum atomic E-state index is -0.143. The fourth-order valence-electron chi connectivity index (χ4n) is 2.88. The van der Waals surface area contributed by atoms with E-state index in [-0.39, 0.29) is 5.91 Å². The highest BCUT2D eigenvalue weighted by Gasteiger charge is 2.17. The van der Waals surface area contributed by atoms with E-state index in [9.17, 15) is 4.79 Å². The van der Waals surface area contributed by atoms with Crippen molar-refractivity contribution in [1.82, 2.24) is 24.2 Å². The van der Waals surface area contributed by atoms with Gasteiger partial charge in [0.1, 0.15) is 17.1 Å². The second-order valence-electron chi connectivity index (χ2n) is 6.03. The van der Waals surface area contributed by atoms with Crippen molar-refractivity contribution in [2.24, 2.45) is 0 Å². The van der Waals surface area contributed by atoms with Gasteiger partial charge >= 0.3 is 0 Å². The Kier molecular flexibility index (Phi) is 4.55. The number of pyridine rings is 1. The highest BCUT2D eigenvalue weighted by molar-refractivity contribution is 7.10. The number of hydrogen-bond acceptors (Lipinski definition) is 6. The average molecular weight is 378 g/mol. The van der Waals surface area contributed by atoms with Crippen LogP contribution in [0.1, 0.15) is 21.6 Å². The van der Waals surface area contributed by atoms with E-state index in [0.29, 0.717) is 12.1 Å². The Balaban J connectivity index is 1.48. The largest absolute Gasteiger partial charge is 0.378 e. The molecule has 0 atom stereocenters. The van der Waals surface area contributed by atoms with Crippen molar-refractivity contribution >= 4 is 33.5 Å². The van der Waals surface area contributed by atoms with Gasteiger partial charge in [-0.15, -0.1) is 0 Å². The van der Waals surface area contributed by atoms with E-state index in [1.165, 1.54) is 11.5 Å². The van der Waals surface area contributed by atoms with Crippen molar-refractivity contribution in [2.45, 2.75) is 13.5 Å². The number of amides is 1. The Morgan fingerprint density at radius 1 is 1.19 bits per heavy atom. The summed E-state index contributed by atoms with van der Waals surface area (Å²) in [5.74, 6) is 0.643. The van der Waals surface area contributed by atoms with E-state index in [4.69, 9.17) is 0 Å². The molecule has 0 spiro atoms. The number of aromatic nitrogens is 4. The fraction of sp³-hybridized carbons (Fsp3) is 0.158. The number of carbonyl (C=O) groups excluding carboxylic acids is 1. The lowest BCUT2D eigenvalue weighted by Gasteiger charge is -2.08. The van der Waals surface area contributed by atoms with Crippen molar-refractivity contribution in [3.05, 3.63) is 65.7 Å². The van der Waals surface area contributed by atoms with Gasteiger partial charge in [-0.2, -0.15) is 4.37 Å². The van der Waals surface area contributed by atoms with Gasteiger partial charge in [-0.3, -0.25) is 9.36 Å². The Morgan fingerprint density at radius 2 is 2.04 bits per heavy atom. The normalized spacial score (nSPS) is 10.9. The molecule has 4 rings (SSSR count). The van der Waals surface area contributed by atoms with Gasteiger partial charge in [0.15, 0.2) is 0 Å². The Labute approximate surface area is 160 Å². The molecule has 8 heteroatoms. The minimum Gasteiger partial charge on any atom is -0.378 e. The molecule has 27 heavy (non-hydrogen) atoms. The van der Waals surface area contributed by atoms with Crippen molar-refractivity contribution < 1.29 is 4.79 Å². The first-order valence-corrected chi connectivity index (χ1v) is 9.24. The number of imidazole rings is 1. The molecule has 1 aromatic carbocycles. The van der Waals surface area contributed by atoms with Crippen molar-refractivity contribution in [2.75, 3.05) is 12.4 Å². The highest BCUT2D eigenvalue weighted by Crippen LogP contribution is 2.23. The standard InChI is InChI=1S/C19H18N6OS/c1-12-17(19(20-2)27-24-12)18(26)22-10-13-7-8-16(21-9-13)25-11-23-14-5-3-4-6-15(14)25/h3-9,11,20H,10H2,1-2H3,(H,22,26). The zero-order valence-electron chi connectivity index (χ0n) is 14.9. The van der Waals surface area contributed by atoms with Crippen LogP contribution in [0.4, 0.5) is 5.00 Å². The lowest BCUT2D eigenvalue weighted by Crippen LogP contribution is -2.24. The third kappa shape index (κ3) is 3.26. The van der Waals surface area contributed by atoms with Crippen LogP contribution in [-0.4, -0.2) is 31.9 Å². The van der Waals surface area contributed by atoms with E-state index in [1.54, 1.807) is 19.6 Å². The predicted molar refractivity (Wildman–Crippen MR) is 106 cm³/mol. The number of rotatable bonds is 5. The summed E-state index contributed by atoms with van der Waals surface area (Å²) in [5.41, 5.74) is 4.17. The zero-order valence-corrected chi connectivity index (χ0v) is 15.7. The highest BCUT2D eigenvalue weighted by atomic mass is 32.1. The first kappa shape index (κ1) is 17.2. The maximum absolute atomic E-state index is 12.5. The Hall–Kier alpha value is -3.26. The number of carbonyl (C=O) groups is 1. The number of nitrogens with zero attached hydrogens (tertiary/aromatic N) is 4. The smallest absolute Gasteiger partial charge is 0.256 e. The summed E-state index contributed by atoms with van der Waals surface area (Å²) >= 11 is 1.28. The summed E-state index contributed by atoms with van der Waals surface area (Å²) in [4.78, 5) is 21.4. The van der Waals surface area contributed by atoms with Gasteiger partial charge in [0.05, 0.1) is 22.3 Å². The van der Waals surface area contributed by atoms with Gasteiger partial charge in [0.2, 0.25) is 0 Å². The van der Waals surface area contributed by atoms with Gasteiger partial charge in [0, 0.05) is 19.8 Å². The van der Waals surface area contributed by atoms with E-state index >= 15 is 0 Å². The summed E-state index contributed by atoms with van der Waals surface area (Å²) in [6.45, 7) is 2.23. The molecule has 0 unspecified atom stereocenters. The lowest BCUT2D eigenvalue weighted by atomic mass is 10.2. The van der Waals surface area contributed by atoms with Crippen LogP contribution in [0.2, 0.25) is 0 Å². The molecule has 0 bridgehead atoms. The molecule has 0 radical (unpaired) electrons. The van der Waals surface area contributed by atoms with Crippen molar-refractivity contribution in [1.29, 1.82) is 0 Å². The molecule has 0 saturated heterocycles. The van der Waals surface area contributed by atoms with Gasteiger partial charge < -0.3 is 10.6 Å². The van der Waals surface area contributed by atoms with E-state index in [1.807, 2.05) is 47.9 Å². The van der Waals surface area contributed by atoms with Gasteiger partial charge in [-0.05, 0) is 42.2 Å². The SMILES string of the molecule is CNc1snc(C)c1C(=O)NCc1ccc(-n2cnc3ccccc32)nc1. The fourth-order valence-corrected chi connectivity index (χ4v) is 3.63. The number of para-hydroxylation sites is 2. The number of aryl methyl sites for hydroxylation is 1. The second kappa shape index (κ2) is 7.16. The summed E-state index contributed by atoms with van der Waals surface area (Å²) < 4.78 is 6.17. The van der Waals surface area contributed by atoms with E-state index in [2.05, 4.69) is 25.0 Å². The van der Waals surface area contributed by atoms with Crippen LogP contribution in [0.3, 0.4) is 0 Å². The summed E-state index contributed by atoms with van der Waals surface area (Å²) in [7, 11) is 1.78. The van der Waals surface area contributed by atoms with Crippen molar-refractivity contribution in [3.8, 4) is 5.82 Å². The number of anilines is 1. The van der Waals surface area contributed by atoms with Gasteiger partial charge in [-0.1, -0.05) is 18.2 Å². The molecule has 4 aromatic rings. The summed E-state index contributed by atoms with van der Waals surface area (Å²) in [6, 6.07) is 11.8. The second-order valence-corrected chi connectivity index (χ2v) is 6.81. The lowest BCUT2D eigenvalue weighted by molar-refractivity contribution is 0.0951. The van der Waals surface area contributed by atoms with Crippen LogP contribution >= 0.6 is 11.5 Å². The molecule has 1 amide bonds. The molecular weight excluding hydrogens is 360 g/mol. The number of hydrogen-bond donors (Lipinski definition) is 2. The van der Waals surface area contributed by atoms with E-state index < -0.39 is 0 Å². The maximum Gasteiger partial charge on any atom is 0.256 e. The van der Waals surface area contributed by atoms with Crippen LogP contribution in [0.5, 0.6) is 0 Å². The molecule has 0 fully saturated rings. The molecule has 3 heterocycles. The van der Waals surface area contributed by atoms with Crippen LogP contribution < -0.4 is 10.6 Å². The molecule has 0 saturated carbocycles. The summed E-state index contributed by atoms with van der Waals surface area (Å²) in [5, 5.41) is 6.71. The monoisotopic (exact) mass is 378 g/mol. The Bertz CT molecular complexity index is 1100. The quantitative estimate of drug-likeness (QED) is 0.557. The third-order valence-corrected chi connectivity index (χ3v) is 5.24. The van der Waals surface area contributed by atoms with Crippen LogP contribution in [-0.2, 0) is 6.54 Å². The van der Waals surface area contributed by atoms with Gasteiger partial charge in [0.25, 0.3) is 5.91 Å². The zero-order chi connectivity index (χ0) is 18.8. The van der Waals surface area contributed by atoms with E-state index in [0.717, 1.165) is 33.1 Å². The van der Waals surface area contributed by atoms with Crippen LogP contribution in [0.15, 0.2) is 48.9 Å². The van der Waals surface area contributed by atoms with Crippen LogP contribution in [0, 0.1) is 6.92 Å². The molecule has 136 valence electrons. The number of fused-ring (bicyclic) bond motifs is 1. The molecule has 0 aliphatic heterocycles. The average Bonchev–Trinajstić information content (AvgIpc) is 3.30. The minimum absolute atomic E-state index is 0.143. The first-order valence-electron chi connectivity index (χ1n) is 8.47. The predicted octanol–water partition coefficient (Wildman–Crippen LogP) is 3.16. The molecule has 0 aliphatic carbocycles. The maximum atomic E-state index is 12.5. The molecular formula is C19H18N6OS. The number of nitrogens with one attached hydrogen (secondary N) is 2. The molecule has 0 aliphatic rings. The van der Waals surface area contributed by atoms with Gasteiger partial charge in [-0.25, -0.2) is 9.97 Å². The topological polar surface area (TPSA) is 84.7 Å². The molecule has 7 nitrogen and oxygen atoms in total.